The molecule has 1 aromatic heterocycles. The van der Waals surface area contributed by atoms with Crippen LogP contribution in [0.1, 0.15) is 24.8 Å². The number of aromatic nitrogens is 2. The van der Waals surface area contributed by atoms with E-state index in [1.807, 2.05) is 17.0 Å². The molecule has 2 aliphatic rings. The van der Waals surface area contributed by atoms with Gasteiger partial charge in [0.2, 0.25) is 0 Å². The zero-order valence-electron chi connectivity index (χ0n) is 12.9. The highest BCUT2D eigenvalue weighted by Crippen LogP contribution is 2.40. The largest absolute Gasteiger partial charge is 0.372 e. The highest BCUT2D eigenvalue weighted by molar-refractivity contribution is 5.81. The maximum atomic E-state index is 11.4. The van der Waals surface area contributed by atoms with Crippen molar-refractivity contribution in [1.82, 2.24) is 10.2 Å². The molecular weight excluding hydrogens is 288 g/mol. The molecule has 0 radical (unpaired) electrons. The predicted octanol–water partition coefficient (Wildman–Crippen LogP) is 2.88. The van der Waals surface area contributed by atoms with Gasteiger partial charge in [-0.2, -0.15) is 5.10 Å². The lowest BCUT2D eigenvalue weighted by molar-refractivity contribution is 0.566. The molecule has 2 aliphatic heterocycles. The second-order valence-electron chi connectivity index (χ2n) is 6.00. The lowest BCUT2D eigenvalue weighted by atomic mass is 10.1. The van der Waals surface area contributed by atoms with Crippen molar-refractivity contribution in [1.29, 1.82) is 0 Å². The fourth-order valence-corrected chi connectivity index (χ4v) is 3.44. The molecule has 1 fully saturated rings. The van der Waals surface area contributed by atoms with E-state index in [2.05, 4.69) is 39.2 Å². The first-order valence-corrected chi connectivity index (χ1v) is 8.06. The van der Waals surface area contributed by atoms with Gasteiger partial charge >= 0.3 is 0 Å². The summed E-state index contributed by atoms with van der Waals surface area (Å²) in [7, 11) is 0. The van der Waals surface area contributed by atoms with Gasteiger partial charge in [-0.05, 0) is 55.2 Å². The molecule has 0 saturated carbocycles. The van der Waals surface area contributed by atoms with Gasteiger partial charge in [0.25, 0.3) is 0 Å². The number of nitrogens with zero attached hydrogens (tertiary/aromatic N) is 4. The first-order valence-electron chi connectivity index (χ1n) is 8.06. The minimum Gasteiger partial charge on any atom is -0.372 e. The van der Waals surface area contributed by atoms with Crippen LogP contribution in [0.2, 0.25) is 0 Å². The van der Waals surface area contributed by atoms with E-state index in [9.17, 15) is 4.79 Å². The van der Waals surface area contributed by atoms with Gasteiger partial charge in [0, 0.05) is 31.4 Å². The zero-order valence-corrected chi connectivity index (χ0v) is 12.9. The van der Waals surface area contributed by atoms with Crippen molar-refractivity contribution in [3.63, 3.8) is 0 Å². The van der Waals surface area contributed by atoms with Crippen molar-refractivity contribution in [3.8, 4) is 0 Å². The molecule has 0 amide bonds. The highest BCUT2D eigenvalue weighted by Gasteiger charge is 2.28. The summed E-state index contributed by atoms with van der Waals surface area (Å²) in [5, 5.41) is 8.05. The maximum absolute atomic E-state index is 11.4. The Morgan fingerprint density at radius 1 is 1.09 bits per heavy atom. The molecule has 2 aromatic rings. The Labute approximate surface area is 135 Å². The number of carbonyl (C=O) groups excluding carboxylic acids is 1. The lowest BCUT2D eigenvalue weighted by Crippen LogP contribution is -2.29. The number of hydrogen-bond acceptors (Lipinski definition) is 5. The maximum Gasteiger partial charge on any atom is 0.160 e. The van der Waals surface area contributed by atoms with Gasteiger partial charge in [-0.25, -0.2) is 4.79 Å². The Hall–Kier alpha value is -2.65. The highest BCUT2D eigenvalue weighted by atomic mass is 16.1. The van der Waals surface area contributed by atoms with E-state index in [1.54, 1.807) is 6.20 Å². The molecule has 4 rings (SSSR count). The van der Waals surface area contributed by atoms with Gasteiger partial charge in [0.15, 0.2) is 5.82 Å². The zero-order chi connectivity index (χ0) is 15.6. The van der Waals surface area contributed by atoms with Crippen LogP contribution in [-0.2, 0) is 11.2 Å². The summed E-state index contributed by atoms with van der Waals surface area (Å²) in [5.41, 5.74) is 3.99. The summed E-state index contributed by atoms with van der Waals surface area (Å²) in [6.45, 7) is 2.23. The third kappa shape index (κ3) is 2.49. The van der Waals surface area contributed by atoms with E-state index >= 15 is 0 Å². The van der Waals surface area contributed by atoms with Gasteiger partial charge in [-0.15, -0.1) is 5.10 Å². The van der Waals surface area contributed by atoms with Gasteiger partial charge in [0.1, 0.15) is 11.6 Å². The summed E-state index contributed by atoms with van der Waals surface area (Å²) in [6, 6.07) is 10.1. The lowest BCUT2D eigenvalue weighted by Gasteiger charge is -2.29. The Morgan fingerprint density at radius 2 is 1.96 bits per heavy atom. The number of piperidine rings is 1. The van der Waals surface area contributed by atoms with E-state index < -0.39 is 0 Å². The molecule has 0 bridgehead atoms. The molecule has 1 saturated heterocycles. The van der Waals surface area contributed by atoms with Crippen molar-refractivity contribution in [3.05, 3.63) is 47.8 Å². The van der Waals surface area contributed by atoms with Crippen LogP contribution >= 0.6 is 0 Å². The number of allylic oxidation sites excluding steroid dienone is 1. The standard InChI is InChI=1S/C18H18N4O/c23-13-16-12-14-11-15(21-9-2-1-3-10-21)6-7-17(14)22(16)18-5-4-8-19-20-18/h4-8,11H,1-3,9-10,12H2. The van der Waals surface area contributed by atoms with Gasteiger partial charge in [0.05, 0.1) is 5.69 Å². The van der Waals surface area contributed by atoms with Gasteiger partial charge < -0.3 is 4.90 Å². The van der Waals surface area contributed by atoms with Crippen LogP contribution in [0.4, 0.5) is 17.2 Å². The minimum absolute atomic E-state index is 0.594. The van der Waals surface area contributed by atoms with Crippen LogP contribution in [0, 0.1) is 0 Å². The smallest absolute Gasteiger partial charge is 0.160 e. The van der Waals surface area contributed by atoms with E-state index in [0.717, 1.165) is 24.3 Å². The third-order valence-corrected chi connectivity index (χ3v) is 4.56. The van der Waals surface area contributed by atoms with Crippen LogP contribution in [0.3, 0.4) is 0 Å². The third-order valence-electron chi connectivity index (χ3n) is 4.56. The molecule has 3 heterocycles. The minimum atomic E-state index is 0.594. The van der Waals surface area contributed by atoms with Gasteiger partial charge in [-0.3, -0.25) is 4.90 Å². The molecule has 0 unspecified atom stereocenters. The monoisotopic (exact) mass is 306 g/mol. The number of fused-ring (bicyclic) bond motifs is 1. The van der Waals surface area contributed by atoms with Crippen LogP contribution in [0.15, 0.2) is 42.2 Å². The molecule has 0 atom stereocenters. The summed E-state index contributed by atoms with van der Waals surface area (Å²) in [4.78, 5) is 15.7. The summed E-state index contributed by atoms with van der Waals surface area (Å²) in [6.07, 6.45) is 6.05. The number of hydrogen-bond donors (Lipinski definition) is 0. The number of anilines is 3. The van der Waals surface area contributed by atoms with Crippen molar-refractivity contribution >= 4 is 23.1 Å². The van der Waals surface area contributed by atoms with Crippen molar-refractivity contribution in [2.75, 3.05) is 22.9 Å². The van der Waals surface area contributed by atoms with Crippen LogP contribution in [-0.4, -0.2) is 29.2 Å². The molecule has 0 N–H and O–H groups in total. The molecule has 5 heteroatoms. The Kier molecular flexibility index (Phi) is 3.56. The predicted molar refractivity (Wildman–Crippen MR) is 89.6 cm³/mol. The van der Waals surface area contributed by atoms with E-state index in [1.165, 1.54) is 24.9 Å². The van der Waals surface area contributed by atoms with E-state index in [0.29, 0.717) is 17.9 Å². The topological polar surface area (TPSA) is 49.3 Å². The van der Waals surface area contributed by atoms with E-state index in [-0.39, 0.29) is 0 Å². The Morgan fingerprint density at radius 3 is 2.70 bits per heavy atom. The molecule has 116 valence electrons. The van der Waals surface area contributed by atoms with Crippen LogP contribution in [0.5, 0.6) is 0 Å². The van der Waals surface area contributed by atoms with Crippen molar-refractivity contribution in [2.45, 2.75) is 25.7 Å². The van der Waals surface area contributed by atoms with Crippen molar-refractivity contribution in [2.24, 2.45) is 0 Å². The molecule has 0 aliphatic carbocycles. The number of benzene rings is 1. The SMILES string of the molecule is O=C=C1Cc2cc(N3CCCCC3)ccc2N1c1cccnn1. The van der Waals surface area contributed by atoms with Crippen molar-refractivity contribution < 1.29 is 4.79 Å². The fraction of sp³-hybridized carbons (Fsp3) is 0.333. The summed E-state index contributed by atoms with van der Waals surface area (Å²) in [5.74, 6) is 2.73. The average Bonchev–Trinajstić information content (AvgIpc) is 3.01. The summed E-state index contributed by atoms with van der Waals surface area (Å²) < 4.78 is 0. The fourth-order valence-electron chi connectivity index (χ4n) is 3.44. The Bertz CT molecular complexity index is 762. The molecule has 23 heavy (non-hydrogen) atoms. The molecule has 0 spiro atoms. The normalized spacial score (nSPS) is 17.1. The molecule has 5 nitrogen and oxygen atoms in total. The van der Waals surface area contributed by atoms with Crippen LogP contribution in [0.25, 0.3) is 0 Å². The second kappa shape index (κ2) is 5.86. The molecule has 1 aromatic carbocycles. The first kappa shape index (κ1) is 14.0. The average molecular weight is 306 g/mol. The van der Waals surface area contributed by atoms with E-state index in [4.69, 9.17) is 0 Å². The quantitative estimate of drug-likeness (QED) is 0.799. The Balaban J connectivity index is 1.72. The number of rotatable bonds is 2. The summed E-state index contributed by atoms with van der Waals surface area (Å²) >= 11 is 0. The van der Waals surface area contributed by atoms with Crippen LogP contribution < -0.4 is 9.80 Å². The second-order valence-corrected chi connectivity index (χ2v) is 6.00. The molecular formula is C18H18N4O. The van der Waals surface area contributed by atoms with Gasteiger partial charge in [-0.1, -0.05) is 0 Å². The first-order chi connectivity index (χ1) is 11.4.